The Balaban J connectivity index is 1.77. The van der Waals surface area contributed by atoms with Gasteiger partial charge in [0.25, 0.3) is 0 Å². The Labute approximate surface area is 171 Å². The molecule has 28 heavy (non-hydrogen) atoms. The zero-order valence-electron chi connectivity index (χ0n) is 14.8. The summed E-state index contributed by atoms with van der Waals surface area (Å²) >= 11 is 7.76. The van der Waals surface area contributed by atoms with Crippen LogP contribution in [-0.4, -0.2) is 15.7 Å². The smallest absolute Gasteiger partial charge is 0.226 e. The second-order valence-electron chi connectivity index (χ2n) is 6.69. The summed E-state index contributed by atoms with van der Waals surface area (Å²) < 4.78 is 1.83. The van der Waals surface area contributed by atoms with Gasteiger partial charge in [-0.1, -0.05) is 48.0 Å². The van der Waals surface area contributed by atoms with Gasteiger partial charge in [-0.3, -0.25) is 4.79 Å². The first-order valence-electron chi connectivity index (χ1n) is 8.98. The maximum Gasteiger partial charge on any atom is 0.226 e. The van der Waals surface area contributed by atoms with Gasteiger partial charge in [0.05, 0.1) is 11.4 Å². The van der Waals surface area contributed by atoms with E-state index in [0.29, 0.717) is 11.4 Å². The minimum absolute atomic E-state index is 0.00522. The summed E-state index contributed by atoms with van der Waals surface area (Å²) in [5, 5.41) is 10.7. The highest BCUT2D eigenvalue weighted by molar-refractivity contribution is 7.10. The lowest BCUT2D eigenvalue weighted by Gasteiger charge is -2.23. The second kappa shape index (κ2) is 6.93. The molecule has 1 aliphatic heterocycles. The van der Waals surface area contributed by atoms with E-state index < -0.39 is 0 Å². The number of nitrogens with one attached hydrogen (secondary N) is 1. The third-order valence-corrected chi connectivity index (χ3v) is 6.16. The van der Waals surface area contributed by atoms with Gasteiger partial charge in [-0.25, -0.2) is 4.68 Å². The van der Waals surface area contributed by atoms with E-state index in [4.69, 9.17) is 16.7 Å². The van der Waals surface area contributed by atoms with Crippen LogP contribution in [0.25, 0.3) is 16.9 Å². The van der Waals surface area contributed by atoms with E-state index in [1.54, 1.807) is 11.3 Å². The van der Waals surface area contributed by atoms with Crippen molar-refractivity contribution in [2.45, 2.75) is 12.3 Å². The van der Waals surface area contributed by atoms with Crippen molar-refractivity contribution in [2.75, 3.05) is 5.32 Å². The maximum absolute atomic E-state index is 12.5. The Hall–Kier alpha value is -2.89. The fourth-order valence-electron chi connectivity index (χ4n) is 3.66. The van der Waals surface area contributed by atoms with Crippen LogP contribution in [0.4, 0.5) is 5.82 Å². The van der Waals surface area contributed by atoms with Crippen molar-refractivity contribution in [2.24, 2.45) is 0 Å². The molecule has 4 aromatic rings. The van der Waals surface area contributed by atoms with Gasteiger partial charge in [0.15, 0.2) is 0 Å². The van der Waals surface area contributed by atoms with Gasteiger partial charge < -0.3 is 5.32 Å². The topological polar surface area (TPSA) is 46.9 Å². The predicted molar refractivity (Wildman–Crippen MR) is 113 cm³/mol. The molecule has 1 atom stereocenters. The molecule has 0 saturated carbocycles. The van der Waals surface area contributed by atoms with Crippen LogP contribution in [0.3, 0.4) is 0 Å². The van der Waals surface area contributed by atoms with Gasteiger partial charge in [0.1, 0.15) is 5.82 Å². The first-order chi connectivity index (χ1) is 13.7. The molecule has 0 saturated heterocycles. The largest absolute Gasteiger partial charge is 0.310 e. The Morgan fingerprint density at radius 2 is 1.82 bits per heavy atom. The molecule has 0 fully saturated rings. The standard InChI is InChI=1S/C22H16ClN3OS/c23-15-10-8-14(9-11-15)21-20-17(18-7-4-12-28-18)13-19(27)24-22(20)26(25-21)16-5-2-1-3-6-16/h1-12,17H,13H2,(H,24,27)/t17-/m1/s1. The van der Waals surface area contributed by atoms with Crippen molar-refractivity contribution in [1.29, 1.82) is 0 Å². The number of hydrogen-bond donors (Lipinski definition) is 1. The maximum atomic E-state index is 12.5. The Bertz CT molecular complexity index is 1130. The molecule has 2 aromatic heterocycles. The lowest BCUT2D eigenvalue weighted by Crippen LogP contribution is -2.24. The molecule has 0 radical (unpaired) electrons. The van der Waals surface area contributed by atoms with E-state index in [1.165, 1.54) is 4.88 Å². The van der Waals surface area contributed by atoms with Gasteiger partial charge in [-0.05, 0) is 35.7 Å². The summed E-state index contributed by atoms with van der Waals surface area (Å²) in [5.74, 6) is 0.725. The van der Waals surface area contributed by atoms with E-state index in [9.17, 15) is 4.79 Å². The van der Waals surface area contributed by atoms with Crippen molar-refractivity contribution in [3.63, 3.8) is 0 Å². The minimum atomic E-state index is -0.0214. The van der Waals surface area contributed by atoms with Crippen molar-refractivity contribution < 1.29 is 4.79 Å². The lowest BCUT2D eigenvalue weighted by atomic mass is 9.88. The molecule has 138 valence electrons. The van der Waals surface area contributed by atoms with Crippen LogP contribution in [0, 0.1) is 0 Å². The van der Waals surface area contributed by atoms with E-state index >= 15 is 0 Å². The molecule has 4 nitrogen and oxygen atoms in total. The van der Waals surface area contributed by atoms with Crippen LogP contribution >= 0.6 is 22.9 Å². The highest BCUT2D eigenvalue weighted by Crippen LogP contribution is 2.45. The molecule has 0 spiro atoms. The number of rotatable bonds is 3. The highest BCUT2D eigenvalue weighted by atomic mass is 35.5. The van der Waals surface area contributed by atoms with Gasteiger partial charge in [0, 0.05) is 33.4 Å². The van der Waals surface area contributed by atoms with Gasteiger partial charge in [-0.2, -0.15) is 5.10 Å². The number of benzene rings is 2. The Morgan fingerprint density at radius 3 is 2.54 bits per heavy atom. The van der Waals surface area contributed by atoms with Crippen molar-refractivity contribution >= 4 is 34.7 Å². The number of para-hydroxylation sites is 1. The molecular weight excluding hydrogens is 390 g/mol. The number of fused-ring (bicyclic) bond motifs is 1. The molecule has 6 heteroatoms. The summed E-state index contributed by atoms with van der Waals surface area (Å²) in [4.78, 5) is 13.7. The third-order valence-electron chi connectivity index (χ3n) is 4.92. The number of carbonyl (C=O) groups excluding carboxylic acids is 1. The lowest BCUT2D eigenvalue weighted by molar-refractivity contribution is -0.116. The highest BCUT2D eigenvalue weighted by Gasteiger charge is 2.34. The Morgan fingerprint density at radius 1 is 1.04 bits per heavy atom. The first-order valence-corrected chi connectivity index (χ1v) is 10.2. The zero-order chi connectivity index (χ0) is 19.1. The SMILES string of the molecule is O=C1C[C@H](c2cccs2)c2c(-c3ccc(Cl)cc3)nn(-c3ccccc3)c2N1. The molecule has 5 rings (SSSR count). The van der Waals surface area contributed by atoms with Crippen molar-refractivity contribution in [3.8, 4) is 16.9 Å². The number of aromatic nitrogens is 2. The van der Waals surface area contributed by atoms with Crippen LogP contribution in [0.2, 0.25) is 5.02 Å². The van der Waals surface area contributed by atoms with Gasteiger partial charge in [0.2, 0.25) is 5.91 Å². The second-order valence-corrected chi connectivity index (χ2v) is 8.10. The predicted octanol–water partition coefficient (Wildman–Crippen LogP) is 5.73. The average molecular weight is 406 g/mol. The molecule has 2 aromatic carbocycles. The van der Waals surface area contributed by atoms with Crippen LogP contribution in [0.15, 0.2) is 72.1 Å². The fourth-order valence-corrected chi connectivity index (χ4v) is 4.62. The molecular formula is C22H16ClN3OS. The van der Waals surface area contributed by atoms with Crippen molar-refractivity contribution in [1.82, 2.24) is 9.78 Å². The fraction of sp³-hybridized carbons (Fsp3) is 0.0909. The molecule has 1 N–H and O–H groups in total. The van der Waals surface area contributed by atoms with E-state index in [0.717, 1.165) is 28.3 Å². The number of hydrogen-bond acceptors (Lipinski definition) is 3. The molecule has 1 amide bonds. The summed E-state index contributed by atoms with van der Waals surface area (Å²) in [5.41, 5.74) is 3.81. The molecule has 3 heterocycles. The van der Waals surface area contributed by atoms with Crippen LogP contribution < -0.4 is 5.32 Å². The minimum Gasteiger partial charge on any atom is -0.310 e. The average Bonchev–Trinajstić information content (AvgIpc) is 3.37. The van der Waals surface area contributed by atoms with Gasteiger partial charge in [-0.15, -0.1) is 11.3 Å². The van der Waals surface area contributed by atoms with Crippen LogP contribution in [0.5, 0.6) is 0 Å². The quantitative estimate of drug-likeness (QED) is 0.473. The first kappa shape index (κ1) is 17.2. The molecule has 0 bridgehead atoms. The number of thiophene rings is 1. The number of anilines is 1. The van der Waals surface area contributed by atoms with E-state index in [2.05, 4.69) is 11.4 Å². The van der Waals surface area contributed by atoms with Crippen molar-refractivity contribution in [3.05, 3.63) is 87.6 Å². The number of amides is 1. The normalized spacial score (nSPS) is 15.9. The number of carbonyl (C=O) groups is 1. The van der Waals surface area contributed by atoms with E-state index in [-0.39, 0.29) is 11.8 Å². The number of halogens is 1. The summed E-state index contributed by atoms with van der Waals surface area (Å²) in [6.45, 7) is 0. The summed E-state index contributed by atoms with van der Waals surface area (Å²) in [6, 6.07) is 21.7. The monoisotopic (exact) mass is 405 g/mol. The summed E-state index contributed by atoms with van der Waals surface area (Å²) in [6.07, 6.45) is 0.411. The Kier molecular flexibility index (Phi) is 4.26. The summed E-state index contributed by atoms with van der Waals surface area (Å²) in [7, 11) is 0. The molecule has 1 aliphatic rings. The van der Waals surface area contributed by atoms with Gasteiger partial charge >= 0.3 is 0 Å². The van der Waals surface area contributed by atoms with Crippen LogP contribution in [-0.2, 0) is 4.79 Å². The van der Waals surface area contributed by atoms with Crippen LogP contribution in [0.1, 0.15) is 22.8 Å². The third kappa shape index (κ3) is 2.93. The van der Waals surface area contributed by atoms with E-state index in [1.807, 2.05) is 70.7 Å². The number of nitrogens with zero attached hydrogens (tertiary/aromatic N) is 2. The molecule has 0 unspecified atom stereocenters. The molecule has 0 aliphatic carbocycles. The zero-order valence-corrected chi connectivity index (χ0v) is 16.4.